The zero-order valence-corrected chi connectivity index (χ0v) is 11.6. The first-order valence-corrected chi connectivity index (χ1v) is 7.00. The van der Waals surface area contributed by atoms with E-state index < -0.39 is 0 Å². The molecule has 1 saturated heterocycles. The molecule has 2 rings (SSSR count). The van der Waals surface area contributed by atoms with Crippen molar-refractivity contribution in [1.29, 1.82) is 0 Å². The molecular weight excluding hydrogens is 212 g/mol. The van der Waals surface area contributed by atoms with Gasteiger partial charge in [0, 0.05) is 18.9 Å². The summed E-state index contributed by atoms with van der Waals surface area (Å²) in [5.41, 5.74) is 1.42. The SMILES string of the molecule is C=C1C(CC)C(CC)CC2C(OC)OC(C)C12. The van der Waals surface area contributed by atoms with Gasteiger partial charge in [0.05, 0.1) is 6.10 Å². The van der Waals surface area contributed by atoms with Crippen LogP contribution in [0.2, 0.25) is 0 Å². The molecule has 2 aliphatic rings. The topological polar surface area (TPSA) is 18.5 Å². The summed E-state index contributed by atoms with van der Waals surface area (Å²) in [5.74, 6) is 2.48. The lowest BCUT2D eigenvalue weighted by molar-refractivity contribution is -0.131. The van der Waals surface area contributed by atoms with Gasteiger partial charge in [-0.05, 0) is 31.6 Å². The molecule has 0 aromatic rings. The number of hydrogen-bond acceptors (Lipinski definition) is 2. The van der Waals surface area contributed by atoms with E-state index in [9.17, 15) is 0 Å². The highest BCUT2D eigenvalue weighted by Crippen LogP contribution is 2.51. The van der Waals surface area contributed by atoms with E-state index in [-0.39, 0.29) is 12.4 Å². The summed E-state index contributed by atoms with van der Waals surface area (Å²) in [6.45, 7) is 11.1. The van der Waals surface area contributed by atoms with Crippen LogP contribution in [0.3, 0.4) is 0 Å². The maximum Gasteiger partial charge on any atom is 0.161 e. The fraction of sp³-hybridized carbons (Fsp3) is 0.867. The number of fused-ring (bicyclic) bond motifs is 1. The average Bonchev–Trinajstić information content (AvgIpc) is 2.65. The van der Waals surface area contributed by atoms with Gasteiger partial charge in [0.25, 0.3) is 0 Å². The monoisotopic (exact) mass is 238 g/mol. The third-order valence-corrected chi connectivity index (χ3v) is 4.91. The second kappa shape index (κ2) is 5.11. The fourth-order valence-electron chi connectivity index (χ4n) is 4.09. The molecule has 0 radical (unpaired) electrons. The Morgan fingerprint density at radius 2 is 2.06 bits per heavy atom. The highest BCUT2D eigenvalue weighted by Gasteiger charge is 2.49. The van der Waals surface area contributed by atoms with Gasteiger partial charge in [0.1, 0.15) is 0 Å². The standard InChI is InChI=1S/C15H26O2/c1-6-11-8-13-14(9(3)12(11)7-2)10(4)17-15(13)16-5/h10-15H,3,6-8H2,1-2,4-5H3. The minimum Gasteiger partial charge on any atom is -0.356 e. The molecular formula is C15H26O2. The number of rotatable bonds is 3. The minimum atomic E-state index is -0.0152. The van der Waals surface area contributed by atoms with Gasteiger partial charge < -0.3 is 9.47 Å². The molecule has 0 amide bonds. The predicted molar refractivity (Wildman–Crippen MR) is 69.6 cm³/mol. The molecule has 0 bridgehead atoms. The van der Waals surface area contributed by atoms with E-state index >= 15 is 0 Å². The zero-order valence-electron chi connectivity index (χ0n) is 11.6. The van der Waals surface area contributed by atoms with E-state index in [2.05, 4.69) is 27.4 Å². The quantitative estimate of drug-likeness (QED) is 0.699. The summed E-state index contributed by atoms with van der Waals surface area (Å²) in [5, 5.41) is 0. The smallest absolute Gasteiger partial charge is 0.161 e. The van der Waals surface area contributed by atoms with Crippen molar-refractivity contribution >= 4 is 0 Å². The molecule has 1 aliphatic heterocycles. The van der Waals surface area contributed by atoms with E-state index in [1.165, 1.54) is 24.8 Å². The largest absolute Gasteiger partial charge is 0.356 e. The Morgan fingerprint density at radius 1 is 1.35 bits per heavy atom. The zero-order chi connectivity index (χ0) is 12.6. The molecule has 2 heteroatoms. The third kappa shape index (κ3) is 2.06. The summed E-state index contributed by atoms with van der Waals surface area (Å²) in [6.07, 6.45) is 3.95. The molecule has 1 aliphatic carbocycles. The number of methoxy groups -OCH3 is 1. The van der Waals surface area contributed by atoms with Crippen molar-refractivity contribution in [3.05, 3.63) is 12.2 Å². The highest BCUT2D eigenvalue weighted by molar-refractivity contribution is 5.17. The van der Waals surface area contributed by atoms with E-state index in [1.807, 2.05) is 0 Å². The van der Waals surface area contributed by atoms with Crippen LogP contribution in [0.1, 0.15) is 40.0 Å². The van der Waals surface area contributed by atoms with E-state index in [4.69, 9.17) is 9.47 Å². The minimum absolute atomic E-state index is 0.0152. The van der Waals surface area contributed by atoms with Gasteiger partial charge in [-0.2, -0.15) is 0 Å². The Labute approximate surface area is 105 Å². The van der Waals surface area contributed by atoms with Gasteiger partial charge in [-0.25, -0.2) is 0 Å². The Hall–Kier alpha value is -0.340. The lowest BCUT2D eigenvalue weighted by atomic mass is 9.63. The van der Waals surface area contributed by atoms with Crippen molar-refractivity contribution < 1.29 is 9.47 Å². The molecule has 2 nitrogen and oxygen atoms in total. The van der Waals surface area contributed by atoms with Crippen LogP contribution in [0, 0.1) is 23.7 Å². The van der Waals surface area contributed by atoms with E-state index in [0.717, 1.165) is 5.92 Å². The molecule has 0 spiro atoms. The van der Waals surface area contributed by atoms with Crippen molar-refractivity contribution in [2.24, 2.45) is 23.7 Å². The summed E-state index contributed by atoms with van der Waals surface area (Å²) >= 11 is 0. The van der Waals surface area contributed by atoms with Gasteiger partial charge in [-0.3, -0.25) is 0 Å². The average molecular weight is 238 g/mol. The van der Waals surface area contributed by atoms with Crippen LogP contribution in [0.4, 0.5) is 0 Å². The molecule has 1 saturated carbocycles. The van der Waals surface area contributed by atoms with Gasteiger partial charge >= 0.3 is 0 Å². The second-order valence-corrected chi connectivity index (χ2v) is 5.63. The molecule has 6 atom stereocenters. The normalized spacial score (nSPS) is 46.0. The fourth-order valence-corrected chi connectivity index (χ4v) is 4.09. The van der Waals surface area contributed by atoms with Crippen LogP contribution >= 0.6 is 0 Å². The lowest BCUT2D eigenvalue weighted by Gasteiger charge is -2.41. The van der Waals surface area contributed by atoms with Gasteiger partial charge in [-0.1, -0.05) is 32.4 Å². The summed E-state index contributed by atoms with van der Waals surface area (Å²) in [6, 6.07) is 0. The van der Waals surface area contributed by atoms with Crippen LogP contribution < -0.4 is 0 Å². The summed E-state index contributed by atoms with van der Waals surface area (Å²) in [7, 11) is 1.76. The van der Waals surface area contributed by atoms with Crippen molar-refractivity contribution in [2.75, 3.05) is 7.11 Å². The van der Waals surface area contributed by atoms with Crippen LogP contribution in [0.25, 0.3) is 0 Å². The summed E-state index contributed by atoms with van der Waals surface area (Å²) < 4.78 is 11.4. The Morgan fingerprint density at radius 3 is 2.59 bits per heavy atom. The van der Waals surface area contributed by atoms with Crippen molar-refractivity contribution in [3.63, 3.8) is 0 Å². The molecule has 98 valence electrons. The van der Waals surface area contributed by atoms with E-state index in [0.29, 0.717) is 17.8 Å². The predicted octanol–water partition coefficient (Wildman–Crippen LogP) is 3.62. The van der Waals surface area contributed by atoms with Gasteiger partial charge in [-0.15, -0.1) is 0 Å². The molecule has 6 unspecified atom stereocenters. The first-order chi connectivity index (χ1) is 8.13. The second-order valence-electron chi connectivity index (χ2n) is 5.63. The van der Waals surface area contributed by atoms with Gasteiger partial charge in [0.2, 0.25) is 0 Å². The Bertz CT molecular complexity index is 287. The van der Waals surface area contributed by atoms with Crippen molar-refractivity contribution in [1.82, 2.24) is 0 Å². The molecule has 1 heterocycles. The van der Waals surface area contributed by atoms with Gasteiger partial charge in [0.15, 0.2) is 6.29 Å². The number of hydrogen-bond donors (Lipinski definition) is 0. The lowest BCUT2D eigenvalue weighted by Crippen LogP contribution is -2.37. The summed E-state index contributed by atoms with van der Waals surface area (Å²) in [4.78, 5) is 0. The van der Waals surface area contributed by atoms with Crippen LogP contribution in [0.5, 0.6) is 0 Å². The van der Waals surface area contributed by atoms with Crippen molar-refractivity contribution in [2.45, 2.75) is 52.4 Å². The Balaban J connectivity index is 2.22. The Kier molecular flexibility index (Phi) is 3.94. The molecule has 17 heavy (non-hydrogen) atoms. The third-order valence-electron chi connectivity index (χ3n) is 4.91. The van der Waals surface area contributed by atoms with Crippen LogP contribution in [0.15, 0.2) is 12.2 Å². The number of ether oxygens (including phenoxy) is 2. The first kappa shape index (κ1) is 13.1. The highest BCUT2D eigenvalue weighted by atomic mass is 16.7. The molecule has 0 aromatic heterocycles. The molecule has 0 aromatic carbocycles. The van der Waals surface area contributed by atoms with Crippen molar-refractivity contribution in [3.8, 4) is 0 Å². The maximum absolute atomic E-state index is 5.93. The van der Waals surface area contributed by atoms with E-state index in [1.54, 1.807) is 7.11 Å². The molecule has 0 N–H and O–H groups in total. The maximum atomic E-state index is 5.93. The first-order valence-electron chi connectivity index (χ1n) is 7.00. The van der Waals surface area contributed by atoms with Crippen LogP contribution in [-0.2, 0) is 9.47 Å². The molecule has 2 fully saturated rings. The van der Waals surface area contributed by atoms with Crippen LogP contribution in [-0.4, -0.2) is 19.5 Å².